The number of carbonyl (C=O) groups excluding carboxylic acids is 1. The molecule has 0 heterocycles. The van der Waals surface area contributed by atoms with Gasteiger partial charge < -0.3 is 9.08 Å². The minimum atomic E-state index is -3.57. The van der Waals surface area contributed by atoms with Crippen LogP contribution in [0.1, 0.15) is 44.2 Å². The summed E-state index contributed by atoms with van der Waals surface area (Å²) in [4.78, 5) is 15.0. The van der Waals surface area contributed by atoms with Gasteiger partial charge >= 0.3 is 10.1 Å². The largest absolute Gasteiger partial charge is 0.382 e. The lowest BCUT2D eigenvalue weighted by atomic mass is 10.1. The molecule has 5 nitrogen and oxygen atoms in total. The van der Waals surface area contributed by atoms with Gasteiger partial charge in [0.2, 0.25) is 5.91 Å². The molecule has 150 valence electrons. The van der Waals surface area contributed by atoms with Crippen LogP contribution in [0.4, 0.5) is 0 Å². The zero-order chi connectivity index (χ0) is 20.3. The first-order valence-corrected chi connectivity index (χ1v) is 11.2. The summed E-state index contributed by atoms with van der Waals surface area (Å²) in [5.74, 6) is 0.653. The van der Waals surface area contributed by atoms with E-state index in [1.54, 1.807) is 18.2 Å². The molecule has 28 heavy (non-hydrogen) atoms. The topological polar surface area (TPSA) is 63.7 Å². The average molecular weight is 402 g/mol. The van der Waals surface area contributed by atoms with Crippen molar-refractivity contribution in [1.29, 1.82) is 0 Å². The van der Waals surface area contributed by atoms with Gasteiger partial charge in [-0.3, -0.25) is 4.79 Å². The van der Waals surface area contributed by atoms with Gasteiger partial charge in [0, 0.05) is 18.5 Å². The molecule has 0 N–H and O–H groups in total. The fourth-order valence-corrected chi connectivity index (χ4v) is 3.88. The molecule has 1 aliphatic carbocycles. The van der Waals surface area contributed by atoms with Crippen LogP contribution < -0.4 is 4.18 Å². The minimum absolute atomic E-state index is 0.0182. The Morgan fingerprint density at radius 3 is 2.50 bits per heavy atom. The zero-order valence-electron chi connectivity index (χ0n) is 16.5. The smallest absolute Gasteiger partial charge is 0.308 e. The molecular weight excluding hydrogens is 374 g/mol. The number of hydrogen-bond acceptors (Lipinski definition) is 4. The third-order valence-electron chi connectivity index (χ3n) is 5.07. The molecule has 1 amide bonds. The molecule has 2 atom stereocenters. The van der Waals surface area contributed by atoms with Crippen molar-refractivity contribution in [3.05, 3.63) is 65.7 Å². The predicted molar refractivity (Wildman–Crippen MR) is 110 cm³/mol. The average Bonchev–Trinajstić information content (AvgIpc) is 3.47. The van der Waals surface area contributed by atoms with Crippen molar-refractivity contribution in [2.75, 3.05) is 5.75 Å². The van der Waals surface area contributed by atoms with Crippen LogP contribution in [0.3, 0.4) is 0 Å². The second kappa shape index (κ2) is 8.35. The van der Waals surface area contributed by atoms with E-state index in [2.05, 4.69) is 12.1 Å². The summed E-state index contributed by atoms with van der Waals surface area (Å²) >= 11 is 0. The van der Waals surface area contributed by atoms with E-state index in [4.69, 9.17) is 4.18 Å². The van der Waals surface area contributed by atoms with Crippen LogP contribution >= 0.6 is 0 Å². The predicted octanol–water partition coefficient (Wildman–Crippen LogP) is 3.96. The van der Waals surface area contributed by atoms with Crippen molar-refractivity contribution in [2.45, 2.75) is 45.7 Å². The summed E-state index contributed by atoms with van der Waals surface area (Å²) in [6.45, 7) is 5.97. The molecule has 0 spiro atoms. The number of rotatable bonds is 8. The Balaban J connectivity index is 1.71. The molecule has 6 heteroatoms. The molecule has 1 saturated carbocycles. The van der Waals surface area contributed by atoms with E-state index >= 15 is 0 Å². The fourth-order valence-electron chi connectivity index (χ4n) is 3.36. The fraction of sp³-hybridized carbons (Fsp3) is 0.409. The molecule has 1 aliphatic rings. The van der Waals surface area contributed by atoms with Crippen LogP contribution in [0.2, 0.25) is 0 Å². The van der Waals surface area contributed by atoms with Crippen molar-refractivity contribution in [2.24, 2.45) is 5.92 Å². The van der Waals surface area contributed by atoms with Gasteiger partial charge in [-0.05, 0) is 56.4 Å². The van der Waals surface area contributed by atoms with Crippen molar-refractivity contribution in [3.63, 3.8) is 0 Å². The van der Waals surface area contributed by atoms with Gasteiger partial charge in [0.25, 0.3) is 0 Å². The second-order valence-electron chi connectivity index (χ2n) is 7.50. The Labute approximate surface area is 167 Å². The lowest BCUT2D eigenvalue weighted by Gasteiger charge is -2.27. The van der Waals surface area contributed by atoms with E-state index in [1.165, 1.54) is 12.5 Å². The molecule has 1 fully saturated rings. The normalized spacial score (nSPS) is 18.7. The van der Waals surface area contributed by atoms with Crippen LogP contribution in [0, 0.1) is 5.92 Å². The summed E-state index contributed by atoms with van der Waals surface area (Å²) < 4.78 is 28.5. The van der Waals surface area contributed by atoms with Crippen LogP contribution in [0.15, 0.2) is 54.6 Å². The second-order valence-corrected chi connectivity index (χ2v) is 9.36. The zero-order valence-corrected chi connectivity index (χ0v) is 17.4. The van der Waals surface area contributed by atoms with Crippen molar-refractivity contribution < 1.29 is 17.4 Å². The molecule has 0 radical (unpaired) electrons. The number of hydrogen-bond donors (Lipinski definition) is 0. The van der Waals surface area contributed by atoms with E-state index in [0.717, 1.165) is 12.0 Å². The molecular formula is C22H27NO4S. The summed E-state index contributed by atoms with van der Waals surface area (Å²) in [7, 11) is -3.57. The summed E-state index contributed by atoms with van der Waals surface area (Å²) in [6, 6.07) is 17.1. The van der Waals surface area contributed by atoms with Gasteiger partial charge in [0.05, 0.1) is 5.75 Å². The van der Waals surface area contributed by atoms with Gasteiger partial charge in [-0.25, -0.2) is 0 Å². The van der Waals surface area contributed by atoms with E-state index < -0.39 is 10.1 Å². The van der Waals surface area contributed by atoms with Crippen molar-refractivity contribution in [1.82, 2.24) is 4.90 Å². The molecule has 2 aromatic rings. The highest BCUT2D eigenvalue weighted by molar-refractivity contribution is 7.87. The first-order valence-electron chi connectivity index (χ1n) is 9.67. The number of benzene rings is 2. The van der Waals surface area contributed by atoms with Gasteiger partial charge in [0.1, 0.15) is 5.75 Å². The van der Waals surface area contributed by atoms with Crippen molar-refractivity contribution in [3.8, 4) is 5.75 Å². The SMILES string of the molecule is CCS(=O)(=O)Oc1cccc(CN(C(=O)[C@@H]2C[C@H]2c2ccccc2)C(C)C)c1. The Hall–Kier alpha value is -2.34. The molecule has 0 saturated heterocycles. The summed E-state index contributed by atoms with van der Waals surface area (Å²) in [6.07, 6.45) is 0.879. The van der Waals surface area contributed by atoms with Crippen LogP contribution in [0.25, 0.3) is 0 Å². The highest BCUT2D eigenvalue weighted by Crippen LogP contribution is 2.48. The highest BCUT2D eigenvalue weighted by atomic mass is 32.2. The van der Waals surface area contributed by atoms with E-state index in [-0.39, 0.29) is 29.4 Å². The van der Waals surface area contributed by atoms with Crippen molar-refractivity contribution >= 4 is 16.0 Å². The summed E-state index contributed by atoms with van der Waals surface area (Å²) in [5.41, 5.74) is 2.06. The monoisotopic (exact) mass is 401 g/mol. The van der Waals surface area contributed by atoms with Gasteiger partial charge in [-0.1, -0.05) is 42.5 Å². The lowest BCUT2D eigenvalue weighted by molar-refractivity contribution is -0.135. The van der Waals surface area contributed by atoms with E-state index in [1.807, 2.05) is 43.0 Å². The summed E-state index contributed by atoms with van der Waals surface area (Å²) in [5, 5.41) is 0. The van der Waals surface area contributed by atoms with Crippen LogP contribution in [-0.4, -0.2) is 31.0 Å². The Morgan fingerprint density at radius 2 is 1.86 bits per heavy atom. The molecule has 2 aromatic carbocycles. The number of carbonyl (C=O) groups is 1. The van der Waals surface area contributed by atoms with Gasteiger partial charge in [-0.15, -0.1) is 0 Å². The highest BCUT2D eigenvalue weighted by Gasteiger charge is 2.46. The molecule has 0 aromatic heterocycles. The Bertz CT molecular complexity index is 925. The van der Waals surface area contributed by atoms with Gasteiger partial charge in [0.15, 0.2) is 0 Å². The first kappa shape index (κ1) is 20.4. The first-order chi connectivity index (χ1) is 13.3. The van der Waals surface area contributed by atoms with Crippen LogP contribution in [0.5, 0.6) is 5.75 Å². The maximum Gasteiger partial charge on any atom is 0.308 e. The lowest BCUT2D eigenvalue weighted by Crippen LogP contribution is -2.37. The maximum absolute atomic E-state index is 13.1. The quantitative estimate of drug-likeness (QED) is 0.628. The van der Waals surface area contributed by atoms with E-state index in [9.17, 15) is 13.2 Å². The third-order valence-corrected chi connectivity index (χ3v) is 6.22. The minimum Gasteiger partial charge on any atom is -0.382 e. The van der Waals surface area contributed by atoms with Gasteiger partial charge in [-0.2, -0.15) is 8.42 Å². The molecule has 0 unspecified atom stereocenters. The number of amides is 1. The Morgan fingerprint density at radius 1 is 1.14 bits per heavy atom. The standard InChI is InChI=1S/C22H27NO4S/c1-4-28(25,26)27-19-12-8-9-17(13-19)15-23(16(2)3)22(24)21-14-20(21)18-10-6-5-7-11-18/h5-13,16,20-21H,4,14-15H2,1-3H3/t20-,21+/m0/s1. The maximum atomic E-state index is 13.1. The molecule has 3 rings (SSSR count). The third kappa shape index (κ3) is 4.93. The van der Waals surface area contributed by atoms with E-state index in [0.29, 0.717) is 12.5 Å². The molecule has 0 bridgehead atoms. The van der Waals surface area contributed by atoms with Crippen LogP contribution in [-0.2, 0) is 21.5 Å². The Kier molecular flexibility index (Phi) is 6.08. The molecule has 0 aliphatic heterocycles. The number of nitrogens with zero attached hydrogens (tertiary/aromatic N) is 1.